The highest BCUT2D eigenvalue weighted by Gasteiger charge is 2.23. The molecule has 2 aromatic rings. The SMILES string of the molecule is CC(C)c1cc(C(C)(C)C)nc2c(C(F)F)cnn12. The van der Waals surface area contributed by atoms with Crippen LogP contribution in [0.4, 0.5) is 8.78 Å². The number of nitrogens with zero attached hydrogens (tertiary/aromatic N) is 3. The topological polar surface area (TPSA) is 30.2 Å². The van der Waals surface area contributed by atoms with Crippen molar-refractivity contribution < 1.29 is 8.78 Å². The quantitative estimate of drug-likeness (QED) is 0.820. The fourth-order valence-electron chi connectivity index (χ4n) is 1.95. The number of halogens is 2. The van der Waals surface area contributed by atoms with E-state index >= 15 is 0 Å². The summed E-state index contributed by atoms with van der Waals surface area (Å²) in [5.74, 6) is 0.192. The second-order valence-corrected chi connectivity index (χ2v) is 6.11. The van der Waals surface area contributed by atoms with Gasteiger partial charge in [0.25, 0.3) is 6.43 Å². The van der Waals surface area contributed by atoms with Crippen LogP contribution < -0.4 is 0 Å². The Hall–Kier alpha value is -1.52. The van der Waals surface area contributed by atoms with Crippen LogP contribution in [0, 0.1) is 0 Å². The van der Waals surface area contributed by atoms with Gasteiger partial charge in [0.05, 0.1) is 17.5 Å². The Morgan fingerprint density at radius 3 is 2.32 bits per heavy atom. The van der Waals surface area contributed by atoms with Crippen molar-refractivity contribution in [2.75, 3.05) is 0 Å². The van der Waals surface area contributed by atoms with Crippen LogP contribution in [0.15, 0.2) is 12.3 Å². The molecule has 0 fully saturated rings. The average molecular weight is 267 g/mol. The van der Waals surface area contributed by atoms with Crippen molar-refractivity contribution in [2.45, 2.75) is 52.4 Å². The molecular weight excluding hydrogens is 248 g/mol. The molecule has 0 saturated carbocycles. The predicted molar refractivity (Wildman–Crippen MR) is 70.7 cm³/mol. The van der Waals surface area contributed by atoms with E-state index in [1.807, 2.05) is 40.7 Å². The van der Waals surface area contributed by atoms with Gasteiger partial charge in [0, 0.05) is 11.1 Å². The van der Waals surface area contributed by atoms with Crippen LogP contribution in [0.2, 0.25) is 0 Å². The molecule has 0 radical (unpaired) electrons. The molecular formula is C14H19F2N3. The predicted octanol–water partition coefficient (Wildman–Crippen LogP) is 4.09. The zero-order chi connectivity index (χ0) is 14.4. The molecule has 3 nitrogen and oxygen atoms in total. The molecule has 0 aliphatic rings. The molecule has 0 bridgehead atoms. The molecule has 0 atom stereocenters. The van der Waals surface area contributed by atoms with Gasteiger partial charge in [-0.05, 0) is 12.0 Å². The van der Waals surface area contributed by atoms with E-state index in [9.17, 15) is 8.78 Å². The molecule has 19 heavy (non-hydrogen) atoms. The molecule has 0 aliphatic heterocycles. The molecule has 0 unspecified atom stereocenters. The van der Waals surface area contributed by atoms with E-state index in [1.165, 1.54) is 10.7 Å². The summed E-state index contributed by atoms with van der Waals surface area (Å²) in [6.45, 7) is 10.1. The molecule has 5 heteroatoms. The van der Waals surface area contributed by atoms with Gasteiger partial charge in [-0.25, -0.2) is 18.3 Å². The van der Waals surface area contributed by atoms with Gasteiger partial charge in [0.1, 0.15) is 0 Å². The molecule has 0 aliphatic carbocycles. The Morgan fingerprint density at radius 2 is 1.84 bits per heavy atom. The number of alkyl halides is 2. The maximum Gasteiger partial charge on any atom is 0.269 e. The Balaban J connectivity index is 2.79. The van der Waals surface area contributed by atoms with Gasteiger partial charge in [-0.1, -0.05) is 34.6 Å². The van der Waals surface area contributed by atoms with E-state index in [0.717, 1.165) is 11.4 Å². The molecule has 0 N–H and O–H groups in total. The highest BCUT2D eigenvalue weighted by atomic mass is 19.3. The van der Waals surface area contributed by atoms with Crippen LogP contribution in [-0.4, -0.2) is 14.6 Å². The minimum Gasteiger partial charge on any atom is -0.233 e. The number of hydrogen-bond acceptors (Lipinski definition) is 2. The minimum atomic E-state index is -2.56. The van der Waals surface area contributed by atoms with E-state index in [2.05, 4.69) is 10.1 Å². The first-order valence-electron chi connectivity index (χ1n) is 6.39. The lowest BCUT2D eigenvalue weighted by atomic mass is 9.90. The summed E-state index contributed by atoms with van der Waals surface area (Å²) >= 11 is 0. The smallest absolute Gasteiger partial charge is 0.233 e. The first-order valence-corrected chi connectivity index (χ1v) is 6.39. The highest BCUT2D eigenvalue weighted by Crippen LogP contribution is 2.29. The second kappa shape index (κ2) is 4.54. The summed E-state index contributed by atoms with van der Waals surface area (Å²) in [6.07, 6.45) is -1.34. The third kappa shape index (κ3) is 2.46. The van der Waals surface area contributed by atoms with Crippen molar-refractivity contribution in [3.8, 4) is 0 Å². The number of fused-ring (bicyclic) bond motifs is 1. The molecule has 2 aromatic heterocycles. The first kappa shape index (κ1) is 13.9. The minimum absolute atomic E-state index is 0.104. The number of aromatic nitrogens is 3. The third-order valence-corrected chi connectivity index (χ3v) is 3.12. The van der Waals surface area contributed by atoms with Gasteiger partial charge < -0.3 is 0 Å². The van der Waals surface area contributed by atoms with E-state index in [1.54, 1.807) is 0 Å². The van der Waals surface area contributed by atoms with Gasteiger partial charge in [-0.3, -0.25) is 0 Å². The summed E-state index contributed by atoms with van der Waals surface area (Å²) in [6, 6.07) is 1.96. The van der Waals surface area contributed by atoms with Gasteiger partial charge >= 0.3 is 0 Å². The standard InChI is InChI=1S/C14H19F2N3/c1-8(2)10-6-11(14(3,4)5)18-13-9(12(15)16)7-17-19(10)13/h6-8,12H,1-5H3. The molecule has 0 amide bonds. The fourth-order valence-corrected chi connectivity index (χ4v) is 1.95. The van der Waals surface area contributed by atoms with Crippen LogP contribution in [-0.2, 0) is 5.41 Å². The Bertz CT molecular complexity index is 594. The Morgan fingerprint density at radius 1 is 1.21 bits per heavy atom. The van der Waals surface area contributed by atoms with E-state index in [-0.39, 0.29) is 22.5 Å². The highest BCUT2D eigenvalue weighted by molar-refractivity contribution is 5.49. The molecule has 104 valence electrons. The van der Waals surface area contributed by atoms with Crippen LogP contribution in [0.5, 0.6) is 0 Å². The normalized spacial score (nSPS) is 12.9. The zero-order valence-electron chi connectivity index (χ0n) is 11.9. The van der Waals surface area contributed by atoms with Gasteiger partial charge in [-0.15, -0.1) is 0 Å². The maximum atomic E-state index is 13.0. The first-order chi connectivity index (χ1) is 8.71. The number of rotatable bonds is 2. The molecule has 2 rings (SSSR count). The van der Waals surface area contributed by atoms with Crippen LogP contribution in [0.25, 0.3) is 5.65 Å². The molecule has 0 spiro atoms. The fraction of sp³-hybridized carbons (Fsp3) is 0.571. The van der Waals surface area contributed by atoms with Gasteiger partial charge in [-0.2, -0.15) is 5.10 Å². The Kier molecular flexibility index (Phi) is 3.32. The Labute approximate surface area is 111 Å². The van der Waals surface area contributed by atoms with E-state index in [0.29, 0.717) is 0 Å². The van der Waals surface area contributed by atoms with Crippen molar-refractivity contribution in [1.82, 2.24) is 14.6 Å². The van der Waals surface area contributed by atoms with E-state index < -0.39 is 6.43 Å². The van der Waals surface area contributed by atoms with E-state index in [4.69, 9.17) is 0 Å². The summed E-state index contributed by atoms with van der Waals surface area (Å²) < 4.78 is 27.5. The monoisotopic (exact) mass is 267 g/mol. The lowest BCUT2D eigenvalue weighted by molar-refractivity contribution is 0.153. The summed E-state index contributed by atoms with van der Waals surface area (Å²) in [5.41, 5.74) is 1.70. The van der Waals surface area contributed by atoms with Crippen LogP contribution >= 0.6 is 0 Å². The van der Waals surface area contributed by atoms with Crippen molar-refractivity contribution in [3.05, 3.63) is 29.2 Å². The lowest BCUT2D eigenvalue weighted by Crippen LogP contribution is -2.16. The van der Waals surface area contributed by atoms with Gasteiger partial charge in [0.2, 0.25) is 0 Å². The van der Waals surface area contributed by atoms with Crippen molar-refractivity contribution >= 4 is 5.65 Å². The van der Waals surface area contributed by atoms with Crippen LogP contribution in [0.3, 0.4) is 0 Å². The summed E-state index contributed by atoms with van der Waals surface area (Å²) in [4.78, 5) is 4.39. The second-order valence-electron chi connectivity index (χ2n) is 6.11. The largest absolute Gasteiger partial charge is 0.269 e. The van der Waals surface area contributed by atoms with Gasteiger partial charge in [0.15, 0.2) is 5.65 Å². The summed E-state index contributed by atoms with van der Waals surface area (Å²) in [5, 5.41) is 4.06. The van der Waals surface area contributed by atoms with Crippen molar-refractivity contribution in [2.24, 2.45) is 0 Å². The van der Waals surface area contributed by atoms with Crippen molar-refractivity contribution in [1.29, 1.82) is 0 Å². The van der Waals surface area contributed by atoms with Crippen LogP contribution in [0.1, 0.15) is 63.9 Å². The zero-order valence-corrected chi connectivity index (χ0v) is 11.9. The third-order valence-electron chi connectivity index (χ3n) is 3.12. The summed E-state index contributed by atoms with van der Waals surface area (Å²) in [7, 11) is 0. The number of hydrogen-bond donors (Lipinski definition) is 0. The lowest BCUT2D eigenvalue weighted by Gasteiger charge is -2.20. The maximum absolute atomic E-state index is 13.0. The molecule has 2 heterocycles. The molecule has 0 saturated heterocycles. The molecule has 0 aromatic carbocycles. The van der Waals surface area contributed by atoms with Crippen molar-refractivity contribution in [3.63, 3.8) is 0 Å². The average Bonchev–Trinajstić information content (AvgIpc) is 2.69.